The van der Waals surface area contributed by atoms with Gasteiger partial charge in [-0.15, -0.1) is 10.2 Å². The highest BCUT2D eigenvalue weighted by atomic mass is 32.1. The lowest BCUT2D eigenvalue weighted by molar-refractivity contribution is 0.631. The molecule has 0 amide bonds. The standard InChI is InChI=1S/C13H9FN4O2S/c14-9-4-2-1-3-8(9)12-17-16-10(21-12)7-18-6-5-15-11(19)13(18)20/h1-6H,7H2,(H,15,19). The summed E-state index contributed by atoms with van der Waals surface area (Å²) in [5.41, 5.74) is -1.00. The summed E-state index contributed by atoms with van der Waals surface area (Å²) in [4.78, 5) is 25.1. The van der Waals surface area contributed by atoms with Crippen LogP contribution in [-0.2, 0) is 6.54 Å². The molecule has 0 bridgehead atoms. The van der Waals surface area contributed by atoms with E-state index in [2.05, 4.69) is 15.2 Å². The molecular formula is C13H9FN4O2S. The van der Waals surface area contributed by atoms with Crippen molar-refractivity contribution in [2.45, 2.75) is 6.54 Å². The highest BCUT2D eigenvalue weighted by molar-refractivity contribution is 7.14. The number of aromatic nitrogens is 4. The number of hydrogen-bond acceptors (Lipinski definition) is 5. The largest absolute Gasteiger partial charge is 0.323 e. The van der Waals surface area contributed by atoms with E-state index in [-0.39, 0.29) is 12.4 Å². The molecule has 0 fully saturated rings. The number of halogens is 1. The first-order chi connectivity index (χ1) is 10.1. The molecule has 106 valence electrons. The smallest absolute Gasteiger partial charge is 0.316 e. The average Bonchev–Trinajstić information content (AvgIpc) is 2.93. The van der Waals surface area contributed by atoms with E-state index in [9.17, 15) is 14.0 Å². The maximum atomic E-state index is 13.7. The van der Waals surface area contributed by atoms with E-state index >= 15 is 0 Å². The Morgan fingerprint density at radius 1 is 1.24 bits per heavy atom. The van der Waals surface area contributed by atoms with Crippen LogP contribution in [0.25, 0.3) is 10.6 Å². The molecule has 3 aromatic rings. The second kappa shape index (κ2) is 5.41. The van der Waals surface area contributed by atoms with E-state index in [1.54, 1.807) is 18.2 Å². The molecule has 0 saturated carbocycles. The van der Waals surface area contributed by atoms with Crippen LogP contribution in [0.2, 0.25) is 0 Å². The van der Waals surface area contributed by atoms with E-state index in [4.69, 9.17) is 0 Å². The Hall–Kier alpha value is -2.61. The molecule has 1 N–H and O–H groups in total. The summed E-state index contributed by atoms with van der Waals surface area (Å²) >= 11 is 1.18. The van der Waals surface area contributed by atoms with Crippen molar-refractivity contribution in [2.75, 3.05) is 0 Å². The molecule has 21 heavy (non-hydrogen) atoms. The van der Waals surface area contributed by atoms with E-state index < -0.39 is 11.1 Å². The van der Waals surface area contributed by atoms with Gasteiger partial charge in [-0.2, -0.15) is 0 Å². The lowest BCUT2D eigenvalue weighted by Gasteiger charge is -1.99. The minimum absolute atomic E-state index is 0.120. The molecule has 1 aromatic carbocycles. The zero-order chi connectivity index (χ0) is 14.8. The van der Waals surface area contributed by atoms with Gasteiger partial charge >= 0.3 is 11.1 Å². The number of nitrogens with one attached hydrogen (secondary N) is 1. The van der Waals surface area contributed by atoms with Gasteiger partial charge in [-0.3, -0.25) is 9.59 Å². The molecule has 0 spiro atoms. The minimum Gasteiger partial charge on any atom is -0.323 e. The quantitative estimate of drug-likeness (QED) is 0.738. The van der Waals surface area contributed by atoms with Gasteiger partial charge in [-0.25, -0.2) is 4.39 Å². The van der Waals surface area contributed by atoms with Crippen LogP contribution in [0, 0.1) is 5.82 Å². The van der Waals surface area contributed by atoms with Crippen LogP contribution in [0.15, 0.2) is 46.2 Å². The predicted molar refractivity (Wildman–Crippen MR) is 75.7 cm³/mol. The van der Waals surface area contributed by atoms with Crippen LogP contribution < -0.4 is 11.1 Å². The van der Waals surface area contributed by atoms with Gasteiger partial charge in [0.15, 0.2) is 5.01 Å². The van der Waals surface area contributed by atoms with Crippen molar-refractivity contribution in [3.8, 4) is 10.6 Å². The Labute approximate surface area is 121 Å². The third kappa shape index (κ3) is 2.65. The zero-order valence-corrected chi connectivity index (χ0v) is 11.4. The molecule has 0 saturated heterocycles. The molecule has 0 aliphatic carbocycles. The Kier molecular flexibility index (Phi) is 3.44. The van der Waals surface area contributed by atoms with Crippen molar-refractivity contribution in [3.05, 3.63) is 68.2 Å². The second-order valence-electron chi connectivity index (χ2n) is 4.20. The summed E-state index contributed by atoms with van der Waals surface area (Å²) in [6.45, 7) is 0.120. The monoisotopic (exact) mass is 304 g/mol. The van der Waals surface area contributed by atoms with Crippen LogP contribution in [-0.4, -0.2) is 19.7 Å². The third-order valence-electron chi connectivity index (χ3n) is 2.80. The molecular weight excluding hydrogens is 295 g/mol. The first-order valence-electron chi connectivity index (χ1n) is 6.00. The summed E-state index contributed by atoms with van der Waals surface area (Å²) in [6, 6.07) is 6.26. The van der Waals surface area contributed by atoms with E-state index in [0.717, 1.165) is 0 Å². The molecule has 6 nitrogen and oxygen atoms in total. The van der Waals surface area contributed by atoms with Crippen molar-refractivity contribution in [3.63, 3.8) is 0 Å². The van der Waals surface area contributed by atoms with Gasteiger partial charge in [0.1, 0.15) is 10.8 Å². The van der Waals surface area contributed by atoms with Gasteiger partial charge in [0.05, 0.1) is 6.54 Å². The van der Waals surface area contributed by atoms with Crippen molar-refractivity contribution in [1.29, 1.82) is 0 Å². The molecule has 2 heterocycles. The fourth-order valence-electron chi connectivity index (χ4n) is 1.79. The van der Waals surface area contributed by atoms with E-state index in [0.29, 0.717) is 15.6 Å². The number of nitrogens with zero attached hydrogens (tertiary/aromatic N) is 3. The molecule has 0 atom stereocenters. The summed E-state index contributed by atoms with van der Waals surface area (Å²) < 4.78 is 14.9. The predicted octanol–water partition coefficient (Wildman–Crippen LogP) is 1.24. The number of benzene rings is 1. The molecule has 0 aliphatic heterocycles. The summed E-state index contributed by atoms with van der Waals surface area (Å²) in [7, 11) is 0. The molecule has 3 rings (SSSR count). The fourth-order valence-corrected chi connectivity index (χ4v) is 2.66. The topological polar surface area (TPSA) is 80.6 Å². The van der Waals surface area contributed by atoms with Crippen LogP contribution in [0.5, 0.6) is 0 Å². The molecule has 2 aromatic heterocycles. The number of H-pyrrole nitrogens is 1. The van der Waals surface area contributed by atoms with E-state index in [1.165, 1.54) is 34.4 Å². The minimum atomic E-state index is -0.698. The van der Waals surface area contributed by atoms with Crippen LogP contribution >= 0.6 is 11.3 Å². The summed E-state index contributed by atoms with van der Waals surface area (Å²) in [6.07, 6.45) is 2.83. The third-order valence-corrected chi connectivity index (χ3v) is 3.74. The van der Waals surface area contributed by atoms with Gasteiger partial charge in [-0.05, 0) is 12.1 Å². The average molecular weight is 304 g/mol. The van der Waals surface area contributed by atoms with Crippen molar-refractivity contribution in [2.24, 2.45) is 0 Å². The van der Waals surface area contributed by atoms with E-state index in [1.807, 2.05) is 0 Å². The first kappa shape index (κ1) is 13.4. The van der Waals surface area contributed by atoms with Gasteiger partial charge in [0, 0.05) is 18.0 Å². The Morgan fingerprint density at radius 3 is 2.86 bits per heavy atom. The van der Waals surface area contributed by atoms with Crippen molar-refractivity contribution < 1.29 is 4.39 Å². The van der Waals surface area contributed by atoms with Crippen LogP contribution in [0.1, 0.15) is 5.01 Å². The molecule has 0 aliphatic rings. The lowest BCUT2D eigenvalue weighted by atomic mass is 10.2. The van der Waals surface area contributed by atoms with Crippen molar-refractivity contribution in [1.82, 2.24) is 19.7 Å². The maximum Gasteiger partial charge on any atom is 0.316 e. The van der Waals surface area contributed by atoms with Crippen LogP contribution in [0.4, 0.5) is 4.39 Å². The van der Waals surface area contributed by atoms with Gasteiger partial charge in [0.2, 0.25) is 0 Å². The van der Waals surface area contributed by atoms with Gasteiger partial charge in [0.25, 0.3) is 0 Å². The normalized spacial score (nSPS) is 10.7. The highest BCUT2D eigenvalue weighted by Crippen LogP contribution is 2.25. The Bertz CT molecular complexity index is 899. The summed E-state index contributed by atoms with van der Waals surface area (Å²) in [5.74, 6) is -0.381. The first-order valence-corrected chi connectivity index (χ1v) is 6.82. The SMILES string of the molecule is O=c1[nH]ccn(Cc2nnc(-c3ccccc3F)s2)c1=O. The number of aromatic amines is 1. The molecule has 8 heteroatoms. The van der Waals surface area contributed by atoms with Crippen molar-refractivity contribution >= 4 is 11.3 Å². The molecule has 0 radical (unpaired) electrons. The van der Waals surface area contributed by atoms with Gasteiger partial charge < -0.3 is 9.55 Å². The van der Waals surface area contributed by atoms with Crippen LogP contribution in [0.3, 0.4) is 0 Å². The summed E-state index contributed by atoms with van der Waals surface area (Å²) in [5, 5.41) is 8.80. The number of hydrogen-bond donors (Lipinski definition) is 1. The molecule has 0 unspecified atom stereocenters. The Morgan fingerprint density at radius 2 is 2.05 bits per heavy atom. The Balaban J connectivity index is 1.93. The second-order valence-corrected chi connectivity index (χ2v) is 5.27. The fraction of sp³-hybridized carbons (Fsp3) is 0.0769. The highest BCUT2D eigenvalue weighted by Gasteiger charge is 2.11. The van der Waals surface area contributed by atoms with Gasteiger partial charge in [-0.1, -0.05) is 23.5 Å². The lowest BCUT2D eigenvalue weighted by Crippen LogP contribution is -2.35. The zero-order valence-electron chi connectivity index (χ0n) is 10.6. The number of rotatable bonds is 3. The maximum absolute atomic E-state index is 13.7.